The maximum atomic E-state index is 12.1. The van der Waals surface area contributed by atoms with Gasteiger partial charge in [0, 0.05) is 19.2 Å². The largest absolute Gasteiger partial charge is 0.488 e. The van der Waals surface area contributed by atoms with Crippen molar-refractivity contribution in [2.24, 2.45) is 0 Å². The number of ether oxygens (including phenoxy) is 1. The van der Waals surface area contributed by atoms with E-state index in [2.05, 4.69) is 6.92 Å². The summed E-state index contributed by atoms with van der Waals surface area (Å²) >= 11 is 0. The van der Waals surface area contributed by atoms with E-state index in [1.165, 1.54) is 17.4 Å². The standard InChI is InChI=1S/C15H23NO4/c1-2-3-4-5-12-20-13-8-6-10-16(15(13)19)11-7-9-14(17)18/h6,8,10H,2-5,7,9,11-12H2,1H3,(H,17,18). The summed E-state index contributed by atoms with van der Waals surface area (Å²) in [5, 5.41) is 8.59. The summed E-state index contributed by atoms with van der Waals surface area (Å²) < 4.78 is 7.01. The topological polar surface area (TPSA) is 68.5 Å². The van der Waals surface area contributed by atoms with Gasteiger partial charge in [-0.15, -0.1) is 0 Å². The normalized spacial score (nSPS) is 10.4. The van der Waals surface area contributed by atoms with Gasteiger partial charge in [0.05, 0.1) is 6.61 Å². The number of rotatable bonds is 10. The predicted molar refractivity (Wildman–Crippen MR) is 77.2 cm³/mol. The quantitative estimate of drug-likeness (QED) is 0.669. The number of aryl methyl sites for hydroxylation is 1. The molecule has 0 amide bonds. The third kappa shape index (κ3) is 5.91. The molecule has 0 aliphatic carbocycles. The Balaban J connectivity index is 2.47. The Morgan fingerprint density at radius 3 is 2.80 bits per heavy atom. The van der Waals surface area contributed by atoms with Crippen LogP contribution in [0.3, 0.4) is 0 Å². The highest BCUT2D eigenvalue weighted by Gasteiger charge is 2.05. The van der Waals surface area contributed by atoms with Gasteiger partial charge in [-0.05, 0) is 25.0 Å². The van der Waals surface area contributed by atoms with Crippen molar-refractivity contribution in [3.05, 3.63) is 28.7 Å². The van der Waals surface area contributed by atoms with Crippen molar-refractivity contribution >= 4 is 5.97 Å². The van der Waals surface area contributed by atoms with Gasteiger partial charge in [-0.1, -0.05) is 26.2 Å². The second-order valence-electron chi connectivity index (χ2n) is 4.78. The number of carboxylic acids is 1. The minimum absolute atomic E-state index is 0.0640. The molecule has 0 spiro atoms. The maximum absolute atomic E-state index is 12.1. The van der Waals surface area contributed by atoms with Gasteiger partial charge in [-0.2, -0.15) is 0 Å². The molecule has 0 unspecified atom stereocenters. The summed E-state index contributed by atoms with van der Waals surface area (Å²) in [7, 11) is 0. The van der Waals surface area contributed by atoms with Crippen LogP contribution in [-0.2, 0) is 11.3 Å². The lowest BCUT2D eigenvalue weighted by Crippen LogP contribution is -2.22. The van der Waals surface area contributed by atoms with E-state index >= 15 is 0 Å². The van der Waals surface area contributed by atoms with E-state index in [9.17, 15) is 9.59 Å². The number of carbonyl (C=O) groups is 1. The smallest absolute Gasteiger partial charge is 0.303 e. The number of pyridine rings is 1. The fourth-order valence-electron chi connectivity index (χ4n) is 1.91. The molecule has 20 heavy (non-hydrogen) atoms. The van der Waals surface area contributed by atoms with E-state index in [0.29, 0.717) is 25.3 Å². The third-order valence-corrected chi connectivity index (χ3v) is 3.03. The molecule has 1 rings (SSSR count). The molecular formula is C15H23NO4. The molecular weight excluding hydrogens is 258 g/mol. The summed E-state index contributed by atoms with van der Waals surface area (Å²) in [5.41, 5.74) is -0.187. The zero-order chi connectivity index (χ0) is 14.8. The Morgan fingerprint density at radius 1 is 1.30 bits per heavy atom. The van der Waals surface area contributed by atoms with Gasteiger partial charge in [0.2, 0.25) is 0 Å². The number of nitrogens with zero attached hydrogens (tertiary/aromatic N) is 1. The predicted octanol–water partition coefficient (Wildman–Crippen LogP) is 2.67. The molecule has 1 N–H and O–H groups in total. The van der Waals surface area contributed by atoms with Crippen molar-refractivity contribution in [3.63, 3.8) is 0 Å². The van der Waals surface area contributed by atoms with Gasteiger partial charge in [0.25, 0.3) is 5.56 Å². The molecule has 0 aromatic carbocycles. The second kappa shape index (κ2) is 9.18. The third-order valence-electron chi connectivity index (χ3n) is 3.03. The van der Waals surface area contributed by atoms with Gasteiger partial charge in [0.1, 0.15) is 0 Å². The minimum Gasteiger partial charge on any atom is -0.488 e. The van der Waals surface area contributed by atoms with Crippen LogP contribution in [-0.4, -0.2) is 22.2 Å². The number of aliphatic carboxylic acids is 1. The lowest BCUT2D eigenvalue weighted by atomic mass is 10.2. The van der Waals surface area contributed by atoms with E-state index in [1.54, 1.807) is 18.3 Å². The number of carboxylic acid groups (broad SMARTS) is 1. The first kappa shape index (κ1) is 16.3. The van der Waals surface area contributed by atoms with Crippen molar-refractivity contribution in [2.75, 3.05) is 6.61 Å². The summed E-state index contributed by atoms with van der Waals surface area (Å²) in [6, 6.07) is 3.42. The molecule has 0 aliphatic rings. The van der Waals surface area contributed by atoms with Crippen molar-refractivity contribution < 1.29 is 14.6 Å². The fourth-order valence-corrected chi connectivity index (χ4v) is 1.91. The van der Waals surface area contributed by atoms with Crippen LogP contribution in [0.2, 0.25) is 0 Å². The highest BCUT2D eigenvalue weighted by molar-refractivity contribution is 5.66. The van der Waals surface area contributed by atoms with Gasteiger partial charge >= 0.3 is 5.97 Å². The number of unbranched alkanes of at least 4 members (excludes halogenated alkanes) is 3. The van der Waals surface area contributed by atoms with E-state index in [1.807, 2.05) is 0 Å². The van der Waals surface area contributed by atoms with Crippen LogP contribution >= 0.6 is 0 Å². The number of hydrogen-bond donors (Lipinski definition) is 1. The number of aromatic nitrogens is 1. The van der Waals surface area contributed by atoms with Crippen LogP contribution in [0, 0.1) is 0 Å². The van der Waals surface area contributed by atoms with Crippen LogP contribution in [0.15, 0.2) is 23.1 Å². The highest BCUT2D eigenvalue weighted by atomic mass is 16.5. The van der Waals surface area contributed by atoms with E-state index in [0.717, 1.165) is 12.8 Å². The summed E-state index contributed by atoms with van der Waals surface area (Å²) in [6.07, 6.45) is 6.56. The molecule has 0 fully saturated rings. The van der Waals surface area contributed by atoms with E-state index < -0.39 is 5.97 Å². The molecule has 0 bridgehead atoms. The molecule has 5 heteroatoms. The van der Waals surface area contributed by atoms with Gasteiger partial charge in [-0.25, -0.2) is 0 Å². The van der Waals surface area contributed by atoms with Crippen molar-refractivity contribution in [1.29, 1.82) is 0 Å². The maximum Gasteiger partial charge on any atom is 0.303 e. The monoisotopic (exact) mass is 281 g/mol. The highest BCUT2D eigenvalue weighted by Crippen LogP contribution is 2.05. The Kier molecular flexibility index (Phi) is 7.47. The first-order valence-electron chi connectivity index (χ1n) is 7.19. The average Bonchev–Trinajstić information content (AvgIpc) is 2.41. The molecule has 1 aromatic heterocycles. The molecule has 0 saturated carbocycles. The van der Waals surface area contributed by atoms with Crippen LogP contribution in [0.5, 0.6) is 5.75 Å². The fraction of sp³-hybridized carbons (Fsp3) is 0.600. The summed E-state index contributed by atoms with van der Waals surface area (Å²) in [6.45, 7) is 3.10. The molecule has 0 saturated heterocycles. The molecule has 5 nitrogen and oxygen atoms in total. The van der Waals surface area contributed by atoms with Crippen LogP contribution in [0.4, 0.5) is 0 Å². The van der Waals surface area contributed by atoms with Crippen molar-refractivity contribution in [2.45, 2.75) is 52.0 Å². The molecule has 112 valence electrons. The second-order valence-corrected chi connectivity index (χ2v) is 4.78. The average molecular weight is 281 g/mol. The molecule has 0 atom stereocenters. The Labute approximate surface area is 119 Å². The Morgan fingerprint density at radius 2 is 2.10 bits per heavy atom. The van der Waals surface area contributed by atoms with Crippen molar-refractivity contribution in [1.82, 2.24) is 4.57 Å². The molecule has 1 heterocycles. The molecule has 0 aliphatic heterocycles. The number of hydrogen-bond acceptors (Lipinski definition) is 3. The van der Waals surface area contributed by atoms with Crippen LogP contribution in [0.1, 0.15) is 45.4 Å². The van der Waals surface area contributed by atoms with E-state index in [-0.39, 0.29) is 12.0 Å². The summed E-state index contributed by atoms with van der Waals surface area (Å²) in [5.74, 6) is -0.499. The molecule has 1 aromatic rings. The van der Waals surface area contributed by atoms with Gasteiger partial charge < -0.3 is 14.4 Å². The van der Waals surface area contributed by atoms with E-state index in [4.69, 9.17) is 9.84 Å². The Hall–Kier alpha value is -1.78. The Bertz CT molecular complexity index is 467. The van der Waals surface area contributed by atoms with Gasteiger partial charge in [-0.3, -0.25) is 9.59 Å². The zero-order valence-corrected chi connectivity index (χ0v) is 12.0. The van der Waals surface area contributed by atoms with Gasteiger partial charge in [0.15, 0.2) is 5.75 Å². The molecule has 0 radical (unpaired) electrons. The minimum atomic E-state index is -0.846. The first-order valence-corrected chi connectivity index (χ1v) is 7.19. The SMILES string of the molecule is CCCCCCOc1cccn(CCCC(=O)O)c1=O. The van der Waals surface area contributed by atoms with Crippen molar-refractivity contribution in [3.8, 4) is 5.75 Å². The first-order chi connectivity index (χ1) is 9.65. The van der Waals surface area contributed by atoms with Crippen LogP contribution < -0.4 is 10.3 Å². The van der Waals surface area contributed by atoms with Crippen LogP contribution in [0.25, 0.3) is 0 Å². The zero-order valence-electron chi connectivity index (χ0n) is 12.0. The lowest BCUT2D eigenvalue weighted by Gasteiger charge is -2.09. The lowest BCUT2D eigenvalue weighted by molar-refractivity contribution is -0.137. The summed E-state index contributed by atoms with van der Waals surface area (Å²) in [4.78, 5) is 22.5.